The molecule has 0 heterocycles. The van der Waals surface area contributed by atoms with E-state index < -0.39 is 0 Å². The first-order valence-electron chi connectivity index (χ1n) is 5.44. The zero-order valence-electron chi connectivity index (χ0n) is 8.40. The Morgan fingerprint density at radius 1 is 1.58 bits per heavy atom. The normalized spacial score (nSPS) is 40.8. The van der Waals surface area contributed by atoms with Crippen LogP contribution < -0.4 is 0 Å². The van der Waals surface area contributed by atoms with E-state index >= 15 is 0 Å². The average molecular weight is 164 g/mol. The van der Waals surface area contributed by atoms with Crippen molar-refractivity contribution in [3.63, 3.8) is 0 Å². The lowest BCUT2D eigenvalue weighted by Gasteiger charge is -2.43. The number of hydrogen-bond donors (Lipinski definition) is 0. The fourth-order valence-electron chi connectivity index (χ4n) is 3.26. The van der Waals surface area contributed by atoms with Crippen LogP contribution in [0.25, 0.3) is 0 Å². The van der Waals surface area contributed by atoms with Crippen molar-refractivity contribution in [2.75, 3.05) is 0 Å². The Kier molecular flexibility index (Phi) is 2.02. The number of hydrogen-bond acceptors (Lipinski definition) is 0. The van der Waals surface area contributed by atoms with Crippen molar-refractivity contribution in [1.82, 2.24) is 0 Å². The van der Waals surface area contributed by atoms with Crippen molar-refractivity contribution in [3.8, 4) is 0 Å². The highest BCUT2D eigenvalue weighted by Gasteiger charge is 2.36. The molecule has 12 heavy (non-hydrogen) atoms. The lowest BCUT2D eigenvalue weighted by Crippen LogP contribution is -2.29. The summed E-state index contributed by atoms with van der Waals surface area (Å²) < 4.78 is 0. The van der Waals surface area contributed by atoms with Crippen molar-refractivity contribution in [2.24, 2.45) is 11.3 Å². The minimum absolute atomic E-state index is 0.724. The van der Waals surface area contributed by atoms with Crippen LogP contribution in [0.15, 0.2) is 11.6 Å². The Morgan fingerprint density at radius 2 is 2.42 bits per heavy atom. The Bertz CT molecular complexity index is 202. The molecule has 0 heteroatoms. The summed E-state index contributed by atoms with van der Waals surface area (Å²) in [5, 5.41) is 0. The van der Waals surface area contributed by atoms with E-state index in [-0.39, 0.29) is 0 Å². The maximum Gasteiger partial charge on any atom is -0.0254 e. The molecule has 2 unspecified atom stereocenters. The molecule has 0 spiro atoms. The van der Waals surface area contributed by atoms with Gasteiger partial charge in [0, 0.05) is 0 Å². The van der Waals surface area contributed by atoms with E-state index in [0.29, 0.717) is 0 Å². The molecule has 1 fully saturated rings. The molecule has 2 bridgehead atoms. The summed E-state index contributed by atoms with van der Waals surface area (Å²) in [4.78, 5) is 0. The van der Waals surface area contributed by atoms with Gasteiger partial charge < -0.3 is 0 Å². The summed E-state index contributed by atoms with van der Waals surface area (Å²) >= 11 is 0. The van der Waals surface area contributed by atoms with Gasteiger partial charge in [0.2, 0.25) is 0 Å². The fraction of sp³-hybridized carbons (Fsp3) is 0.833. The molecule has 2 atom stereocenters. The maximum absolute atomic E-state index is 2.53. The third kappa shape index (κ3) is 1.32. The van der Waals surface area contributed by atoms with E-state index in [1.807, 2.05) is 0 Å². The fourth-order valence-corrected chi connectivity index (χ4v) is 3.26. The Morgan fingerprint density at radius 3 is 3.17 bits per heavy atom. The minimum Gasteiger partial charge on any atom is -0.0824 e. The quantitative estimate of drug-likeness (QED) is 0.515. The van der Waals surface area contributed by atoms with Gasteiger partial charge in [-0.25, -0.2) is 0 Å². The molecule has 2 aliphatic rings. The Balaban J connectivity index is 2.22. The zero-order chi connectivity index (χ0) is 8.60. The van der Waals surface area contributed by atoms with Gasteiger partial charge in [0.05, 0.1) is 0 Å². The second-order valence-electron chi connectivity index (χ2n) is 4.89. The highest BCUT2D eigenvalue weighted by Crippen LogP contribution is 2.49. The van der Waals surface area contributed by atoms with E-state index in [0.717, 1.165) is 11.3 Å². The van der Waals surface area contributed by atoms with Gasteiger partial charge in [0.15, 0.2) is 0 Å². The Hall–Kier alpha value is -0.260. The monoisotopic (exact) mass is 164 g/mol. The summed E-state index contributed by atoms with van der Waals surface area (Å²) in [7, 11) is 0. The molecule has 0 aromatic carbocycles. The molecule has 0 N–H and O–H groups in total. The SMILES string of the molecule is CCC12CCCC(=CC(C)C1)C2. The van der Waals surface area contributed by atoms with Crippen LogP contribution in [0.2, 0.25) is 0 Å². The second kappa shape index (κ2) is 2.90. The summed E-state index contributed by atoms with van der Waals surface area (Å²) in [6, 6.07) is 0. The van der Waals surface area contributed by atoms with E-state index in [9.17, 15) is 0 Å². The smallest absolute Gasteiger partial charge is 0.0254 e. The third-order valence-electron chi connectivity index (χ3n) is 3.83. The lowest BCUT2D eigenvalue weighted by molar-refractivity contribution is 0.163. The first-order chi connectivity index (χ1) is 5.74. The summed E-state index contributed by atoms with van der Waals surface area (Å²) in [6.45, 7) is 4.76. The van der Waals surface area contributed by atoms with Gasteiger partial charge in [-0.2, -0.15) is 0 Å². The van der Waals surface area contributed by atoms with Crippen molar-refractivity contribution in [3.05, 3.63) is 11.6 Å². The van der Waals surface area contributed by atoms with Crippen molar-refractivity contribution in [2.45, 2.75) is 52.4 Å². The van der Waals surface area contributed by atoms with Crippen LogP contribution in [-0.2, 0) is 0 Å². The number of allylic oxidation sites excluding steroid dienone is 2. The van der Waals surface area contributed by atoms with Crippen molar-refractivity contribution < 1.29 is 0 Å². The molecule has 68 valence electrons. The molecule has 2 rings (SSSR count). The van der Waals surface area contributed by atoms with E-state index in [2.05, 4.69) is 19.9 Å². The van der Waals surface area contributed by atoms with Gasteiger partial charge in [-0.15, -0.1) is 0 Å². The van der Waals surface area contributed by atoms with Gasteiger partial charge in [-0.05, 0) is 43.4 Å². The molecule has 2 aliphatic carbocycles. The first-order valence-corrected chi connectivity index (χ1v) is 5.44. The summed E-state index contributed by atoms with van der Waals surface area (Å²) in [5.74, 6) is 0.856. The molecule has 0 nitrogen and oxygen atoms in total. The van der Waals surface area contributed by atoms with E-state index in [1.165, 1.54) is 38.5 Å². The molecular formula is C12H20. The molecule has 1 saturated carbocycles. The van der Waals surface area contributed by atoms with Gasteiger partial charge in [-0.3, -0.25) is 0 Å². The molecule has 0 amide bonds. The van der Waals surface area contributed by atoms with Gasteiger partial charge in [0.1, 0.15) is 0 Å². The van der Waals surface area contributed by atoms with Crippen LogP contribution in [-0.4, -0.2) is 0 Å². The van der Waals surface area contributed by atoms with E-state index in [4.69, 9.17) is 0 Å². The highest BCUT2D eigenvalue weighted by molar-refractivity contribution is 5.15. The van der Waals surface area contributed by atoms with E-state index in [1.54, 1.807) is 5.57 Å². The molecule has 0 radical (unpaired) electrons. The average Bonchev–Trinajstić information content (AvgIpc) is 2.03. The van der Waals surface area contributed by atoms with Gasteiger partial charge in [-0.1, -0.05) is 31.9 Å². The van der Waals surface area contributed by atoms with Gasteiger partial charge in [0.25, 0.3) is 0 Å². The maximum atomic E-state index is 2.53. The standard InChI is InChI=1S/C12H20/c1-3-12-6-4-5-11(9-12)7-10(2)8-12/h7,10H,3-6,8-9H2,1-2H3. The lowest BCUT2D eigenvalue weighted by atomic mass is 9.62. The van der Waals surface area contributed by atoms with Crippen LogP contribution in [0.4, 0.5) is 0 Å². The predicted molar refractivity (Wildman–Crippen MR) is 53.1 cm³/mol. The van der Waals surface area contributed by atoms with Crippen LogP contribution in [0.5, 0.6) is 0 Å². The summed E-state index contributed by atoms with van der Waals surface area (Å²) in [6.07, 6.45) is 11.1. The van der Waals surface area contributed by atoms with Crippen molar-refractivity contribution in [1.29, 1.82) is 0 Å². The Labute approximate surface area is 76.1 Å². The van der Waals surface area contributed by atoms with Crippen molar-refractivity contribution >= 4 is 0 Å². The molecular weight excluding hydrogens is 144 g/mol. The molecule has 0 aliphatic heterocycles. The second-order valence-corrected chi connectivity index (χ2v) is 4.89. The third-order valence-corrected chi connectivity index (χ3v) is 3.83. The highest BCUT2D eigenvalue weighted by atomic mass is 14.4. The molecule has 0 aromatic rings. The molecule has 0 aromatic heterocycles. The molecule has 0 saturated heterocycles. The van der Waals surface area contributed by atoms with Crippen LogP contribution in [0.3, 0.4) is 0 Å². The summed E-state index contributed by atoms with van der Waals surface area (Å²) in [5.41, 5.74) is 2.49. The zero-order valence-corrected chi connectivity index (χ0v) is 8.40. The predicted octanol–water partition coefficient (Wildman–Crippen LogP) is 3.92. The first kappa shape index (κ1) is 8.34. The van der Waals surface area contributed by atoms with Crippen LogP contribution >= 0.6 is 0 Å². The number of rotatable bonds is 1. The minimum atomic E-state index is 0.724. The van der Waals surface area contributed by atoms with Crippen LogP contribution in [0.1, 0.15) is 52.4 Å². The van der Waals surface area contributed by atoms with Gasteiger partial charge >= 0.3 is 0 Å². The largest absolute Gasteiger partial charge is 0.0824 e. The topological polar surface area (TPSA) is 0 Å². The number of fused-ring (bicyclic) bond motifs is 2. The van der Waals surface area contributed by atoms with Crippen LogP contribution in [0, 0.1) is 11.3 Å².